The Kier molecular flexibility index (Phi) is 7.91. The van der Waals surface area contributed by atoms with E-state index in [4.69, 9.17) is 4.74 Å². The zero-order valence-corrected chi connectivity index (χ0v) is 17.9. The number of thiazole rings is 1. The topological polar surface area (TPSA) is 75.0 Å². The molecule has 0 saturated carbocycles. The Labute approximate surface area is 184 Å². The first-order chi connectivity index (χ1) is 15.1. The first-order valence-electron chi connectivity index (χ1n) is 9.92. The van der Waals surface area contributed by atoms with Gasteiger partial charge in [0.2, 0.25) is 0 Å². The van der Waals surface area contributed by atoms with Gasteiger partial charge in [-0.25, -0.2) is 9.37 Å². The Hall–Kier alpha value is -3.50. The Morgan fingerprint density at radius 2 is 1.97 bits per heavy atom. The van der Waals surface area contributed by atoms with Gasteiger partial charge >= 0.3 is 0 Å². The molecule has 0 unspecified atom stereocenters. The third-order valence-corrected chi connectivity index (χ3v) is 5.30. The van der Waals surface area contributed by atoms with E-state index in [2.05, 4.69) is 17.2 Å². The molecular weight excluding hydrogens is 413 g/mol. The molecule has 3 rings (SSSR count). The van der Waals surface area contributed by atoms with E-state index in [1.54, 1.807) is 30.5 Å². The number of ether oxygens (including phenoxy) is 1. The van der Waals surface area contributed by atoms with Gasteiger partial charge in [-0.05, 0) is 47.9 Å². The lowest BCUT2D eigenvalue weighted by Gasteiger charge is -2.05. The summed E-state index contributed by atoms with van der Waals surface area (Å²) in [5.41, 5.74) is 1.66. The number of carbonyl (C=O) groups excluding carboxylic acids is 1. The Morgan fingerprint density at radius 1 is 1.23 bits per heavy atom. The summed E-state index contributed by atoms with van der Waals surface area (Å²) in [6, 6.07) is 15.4. The number of anilines is 1. The maximum Gasteiger partial charge on any atom is 0.268 e. The molecule has 0 radical (unpaired) electrons. The average molecular weight is 436 g/mol. The summed E-state index contributed by atoms with van der Waals surface area (Å²) in [5, 5.41) is 12.5. The number of nitriles is 1. The second-order valence-corrected chi connectivity index (χ2v) is 7.95. The molecule has 0 fully saturated rings. The van der Waals surface area contributed by atoms with Gasteiger partial charge in [-0.15, -0.1) is 11.3 Å². The van der Waals surface area contributed by atoms with Gasteiger partial charge in [0, 0.05) is 17.5 Å². The Morgan fingerprint density at radius 3 is 2.65 bits per heavy atom. The van der Waals surface area contributed by atoms with Crippen molar-refractivity contribution < 1.29 is 13.9 Å². The van der Waals surface area contributed by atoms with E-state index in [9.17, 15) is 14.4 Å². The summed E-state index contributed by atoms with van der Waals surface area (Å²) in [4.78, 5) is 17.6. The number of unbranched alkanes of at least 4 members (excludes halogenated alkanes) is 1. The number of rotatable bonds is 9. The number of hydrogen-bond acceptors (Lipinski definition) is 5. The van der Waals surface area contributed by atoms with Gasteiger partial charge in [-0.2, -0.15) is 5.26 Å². The highest BCUT2D eigenvalue weighted by Gasteiger charge is 2.12. The minimum absolute atomic E-state index is 0.0186. The van der Waals surface area contributed by atoms with Crippen LogP contribution in [0.1, 0.15) is 35.8 Å². The van der Waals surface area contributed by atoms with E-state index in [-0.39, 0.29) is 11.4 Å². The van der Waals surface area contributed by atoms with Crippen molar-refractivity contribution in [1.82, 2.24) is 4.98 Å². The number of benzene rings is 2. The second kappa shape index (κ2) is 11.0. The minimum Gasteiger partial charge on any atom is -0.494 e. The summed E-state index contributed by atoms with van der Waals surface area (Å²) in [7, 11) is 0. The predicted molar refractivity (Wildman–Crippen MR) is 120 cm³/mol. The van der Waals surface area contributed by atoms with Crippen molar-refractivity contribution in [2.24, 2.45) is 0 Å². The number of nitrogens with zero attached hydrogens (tertiary/aromatic N) is 2. The van der Waals surface area contributed by atoms with Gasteiger partial charge < -0.3 is 4.74 Å². The van der Waals surface area contributed by atoms with Crippen molar-refractivity contribution in [3.8, 4) is 11.8 Å². The third kappa shape index (κ3) is 6.76. The van der Waals surface area contributed by atoms with E-state index in [0.29, 0.717) is 18.2 Å². The van der Waals surface area contributed by atoms with Gasteiger partial charge in [0.05, 0.1) is 6.61 Å². The van der Waals surface area contributed by atoms with Crippen molar-refractivity contribution in [3.05, 3.63) is 82.1 Å². The minimum atomic E-state index is -0.520. The van der Waals surface area contributed by atoms with Gasteiger partial charge in [-0.3, -0.25) is 10.1 Å². The molecule has 2 aromatic carbocycles. The summed E-state index contributed by atoms with van der Waals surface area (Å²) >= 11 is 1.32. The lowest BCUT2D eigenvalue weighted by Crippen LogP contribution is -2.13. The summed E-state index contributed by atoms with van der Waals surface area (Å²) in [6.07, 6.45) is 5.83. The zero-order chi connectivity index (χ0) is 22.1. The maximum atomic E-state index is 13.0. The quantitative estimate of drug-likeness (QED) is 0.270. The monoisotopic (exact) mass is 435 g/mol. The molecule has 158 valence electrons. The van der Waals surface area contributed by atoms with Crippen LogP contribution in [-0.4, -0.2) is 17.5 Å². The Balaban J connectivity index is 1.61. The molecule has 0 aliphatic carbocycles. The molecule has 1 amide bonds. The Bertz CT molecular complexity index is 1080. The molecule has 3 aromatic rings. The van der Waals surface area contributed by atoms with E-state index < -0.39 is 5.91 Å². The normalized spacial score (nSPS) is 11.1. The fourth-order valence-electron chi connectivity index (χ4n) is 2.72. The van der Waals surface area contributed by atoms with Gasteiger partial charge in [0.15, 0.2) is 5.13 Å². The van der Waals surface area contributed by atoms with Crippen LogP contribution in [0.4, 0.5) is 9.52 Å². The fourth-order valence-corrected chi connectivity index (χ4v) is 3.57. The van der Waals surface area contributed by atoms with E-state index in [0.717, 1.165) is 34.6 Å². The number of amides is 1. The molecule has 1 N–H and O–H groups in total. The molecule has 5 nitrogen and oxygen atoms in total. The summed E-state index contributed by atoms with van der Waals surface area (Å²) < 4.78 is 18.6. The molecule has 0 aliphatic heterocycles. The maximum absolute atomic E-state index is 13.0. The van der Waals surface area contributed by atoms with Gasteiger partial charge in [0.25, 0.3) is 5.91 Å². The van der Waals surface area contributed by atoms with E-state index >= 15 is 0 Å². The van der Waals surface area contributed by atoms with Crippen LogP contribution < -0.4 is 10.1 Å². The first-order valence-corrected chi connectivity index (χ1v) is 10.7. The van der Waals surface area contributed by atoms with Crippen LogP contribution in [0.5, 0.6) is 5.75 Å². The molecular formula is C24H22FN3O2S. The van der Waals surface area contributed by atoms with Crippen molar-refractivity contribution >= 4 is 28.5 Å². The van der Waals surface area contributed by atoms with Crippen molar-refractivity contribution in [2.75, 3.05) is 11.9 Å². The summed E-state index contributed by atoms with van der Waals surface area (Å²) in [5.74, 6) is -0.0473. The van der Waals surface area contributed by atoms with Crippen molar-refractivity contribution in [1.29, 1.82) is 5.26 Å². The van der Waals surface area contributed by atoms with Gasteiger partial charge in [0.1, 0.15) is 23.2 Å². The number of carbonyl (C=O) groups is 1. The van der Waals surface area contributed by atoms with Crippen molar-refractivity contribution in [3.63, 3.8) is 0 Å². The SMILES string of the molecule is CCCCOc1ccc(C=C(C#N)C(=O)Nc2ncc(Cc3ccc(F)cc3)s2)cc1. The molecule has 0 saturated heterocycles. The standard InChI is InChI=1S/C24H22FN3O2S/c1-2-3-12-30-21-10-6-17(7-11-21)13-19(15-26)23(29)28-24-27-16-22(31-24)14-18-4-8-20(25)9-5-18/h4-11,13,16H,2-3,12,14H2,1H3,(H,27,28,29). The number of hydrogen-bond donors (Lipinski definition) is 1. The first kappa shape index (κ1) is 22.2. The molecule has 1 heterocycles. The van der Waals surface area contributed by atoms with E-state index in [1.165, 1.54) is 29.5 Å². The van der Waals surface area contributed by atoms with Crippen LogP contribution in [0.25, 0.3) is 6.08 Å². The summed E-state index contributed by atoms with van der Waals surface area (Å²) in [6.45, 7) is 2.76. The van der Waals surface area contributed by atoms with Crippen LogP contribution >= 0.6 is 11.3 Å². The largest absolute Gasteiger partial charge is 0.494 e. The van der Waals surface area contributed by atoms with Crippen LogP contribution in [0, 0.1) is 17.1 Å². The number of nitrogens with one attached hydrogen (secondary N) is 1. The third-order valence-electron chi connectivity index (χ3n) is 4.39. The molecule has 31 heavy (non-hydrogen) atoms. The highest BCUT2D eigenvalue weighted by Crippen LogP contribution is 2.22. The highest BCUT2D eigenvalue weighted by atomic mass is 32.1. The van der Waals surface area contributed by atoms with Gasteiger partial charge in [-0.1, -0.05) is 37.6 Å². The molecule has 0 bridgehead atoms. The number of aromatic nitrogens is 1. The van der Waals surface area contributed by atoms with Crippen LogP contribution in [0.15, 0.2) is 60.3 Å². The highest BCUT2D eigenvalue weighted by molar-refractivity contribution is 7.15. The molecule has 0 aliphatic rings. The lowest BCUT2D eigenvalue weighted by molar-refractivity contribution is -0.112. The fraction of sp³-hybridized carbons (Fsp3) is 0.208. The van der Waals surface area contributed by atoms with E-state index in [1.807, 2.05) is 18.2 Å². The molecule has 1 aromatic heterocycles. The predicted octanol–water partition coefficient (Wildman–Crippen LogP) is 5.60. The zero-order valence-electron chi connectivity index (χ0n) is 17.1. The van der Waals surface area contributed by atoms with Crippen LogP contribution in [0.2, 0.25) is 0 Å². The van der Waals surface area contributed by atoms with Crippen LogP contribution in [-0.2, 0) is 11.2 Å². The average Bonchev–Trinajstić information content (AvgIpc) is 3.21. The smallest absolute Gasteiger partial charge is 0.268 e. The molecule has 0 spiro atoms. The molecule has 7 heteroatoms. The van der Waals surface area contributed by atoms with Crippen molar-refractivity contribution in [2.45, 2.75) is 26.2 Å². The second-order valence-electron chi connectivity index (χ2n) is 6.83. The number of halogens is 1. The lowest BCUT2D eigenvalue weighted by atomic mass is 10.1. The van der Waals surface area contributed by atoms with Crippen LogP contribution in [0.3, 0.4) is 0 Å². The molecule has 0 atom stereocenters.